The highest BCUT2D eigenvalue weighted by atomic mass is 35.5. The first-order valence-corrected chi connectivity index (χ1v) is 6.67. The van der Waals surface area contributed by atoms with Gasteiger partial charge in [-0.05, 0) is 37.1 Å². The van der Waals surface area contributed by atoms with Crippen LogP contribution in [-0.4, -0.2) is 25.7 Å². The van der Waals surface area contributed by atoms with Crippen molar-refractivity contribution in [2.45, 2.75) is 31.2 Å². The minimum absolute atomic E-state index is 0. The normalized spacial score (nSPS) is 20.2. The largest absolute Gasteiger partial charge is 0.469 e. The molecule has 1 N–H and O–H groups in total. The number of hydrogen-bond donors (Lipinski definition) is 1. The van der Waals surface area contributed by atoms with Crippen LogP contribution in [0.5, 0.6) is 0 Å². The Morgan fingerprint density at radius 1 is 1.47 bits per heavy atom. The molecule has 0 saturated carbocycles. The van der Waals surface area contributed by atoms with E-state index in [0.29, 0.717) is 5.02 Å². The van der Waals surface area contributed by atoms with E-state index in [1.165, 1.54) is 13.5 Å². The molecule has 0 radical (unpaired) electrons. The first-order chi connectivity index (χ1) is 8.72. The number of ether oxygens (including phenoxy) is 1. The van der Waals surface area contributed by atoms with Gasteiger partial charge in [0.15, 0.2) is 0 Å². The van der Waals surface area contributed by atoms with Gasteiger partial charge in [0.25, 0.3) is 0 Å². The molecule has 1 aliphatic heterocycles. The molecule has 0 aromatic heterocycles. The summed E-state index contributed by atoms with van der Waals surface area (Å²) in [6.07, 6.45) is 3.30. The van der Waals surface area contributed by atoms with Crippen LogP contribution in [0.2, 0.25) is 5.02 Å². The maximum atomic E-state index is 12.0. The summed E-state index contributed by atoms with van der Waals surface area (Å²) in [7, 11) is 1.43. The van der Waals surface area contributed by atoms with Gasteiger partial charge in [-0.1, -0.05) is 30.2 Å². The van der Waals surface area contributed by atoms with E-state index in [1.807, 2.05) is 24.3 Å². The van der Waals surface area contributed by atoms with Crippen LogP contribution >= 0.6 is 24.0 Å². The van der Waals surface area contributed by atoms with Crippen molar-refractivity contribution in [3.8, 4) is 0 Å². The molecular formula is C14H19Cl2NO2. The van der Waals surface area contributed by atoms with Crippen LogP contribution in [0, 0.1) is 0 Å². The lowest BCUT2D eigenvalue weighted by Gasteiger charge is -2.30. The Kier molecular flexibility index (Phi) is 6.63. The number of piperidine rings is 1. The molecule has 1 aromatic carbocycles. The van der Waals surface area contributed by atoms with E-state index in [4.69, 9.17) is 16.3 Å². The van der Waals surface area contributed by atoms with Gasteiger partial charge in [0.05, 0.1) is 13.0 Å². The fourth-order valence-electron chi connectivity index (χ4n) is 2.52. The number of halogens is 2. The van der Waals surface area contributed by atoms with Gasteiger partial charge < -0.3 is 10.1 Å². The van der Waals surface area contributed by atoms with Crippen molar-refractivity contribution in [1.29, 1.82) is 0 Å². The van der Waals surface area contributed by atoms with Crippen LogP contribution in [0.25, 0.3) is 0 Å². The number of carbonyl (C=O) groups is 1. The van der Waals surface area contributed by atoms with Crippen molar-refractivity contribution in [1.82, 2.24) is 5.32 Å². The van der Waals surface area contributed by atoms with Crippen molar-refractivity contribution in [2.24, 2.45) is 0 Å². The summed E-state index contributed by atoms with van der Waals surface area (Å²) < 4.78 is 4.94. The molecule has 5 heteroatoms. The summed E-state index contributed by atoms with van der Waals surface area (Å²) in [6.45, 7) is 0.957. The average molecular weight is 304 g/mol. The first-order valence-electron chi connectivity index (χ1n) is 6.29. The molecule has 0 bridgehead atoms. The van der Waals surface area contributed by atoms with Gasteiger partial charge in [-0.25, -0.2) is 0 Å². The zero-order chi connectivity index (χ0) is 13.0. The zero-order valence-electron chi connectivity index (χ0n) is 10.9. The molecule has 106 valence electrons. The SMILES string of the molecule is COC(=O)[C@@H](c1cccc(Cl)c1)[C@@H]1CCCCN1.Cl. The minimum Gasteiger partial charge on any atom is -0.469 e. The minimum atomic E-state index is -0.269. The van der Waals surface area contributed by atoms with Crippen molar-refractivity contribution in [3.63, 3.8) is 0 Å². The molecule has 2 atom stereocenters. The Hall–Kier alpha value is -0.770. The summed E-state index contributed by atoms with van der Waals surface area (Å²) in [5.41, 5.74) is 0.925. The van der Waals surface area contributed by atoms with Crippen LogP contribution in [0.1, 0.15) is 30.7 Å². The molecule has 3 nitrogen and oxygen atoms in total. The van der Waals surface area contributed by atoms with Crippen molar-refractivity contribution < 1.29 is 9.53 Å². The fourth-order valence-corrected chi connectivity index (χ4v) is 2.72. The zero-order valence-corrected chi connectivity index (χ0v) is 12.5. The highest BCUT2D eigenvalue weighted by molar-refractivity contribution is 6.30. The standard InChI is InChI=1S/C14H18ClNO2.ClH/c1-18-14(17)13(12-7-2-3-8-16-12)10-5-4-6-11(15)9-10;/h4-6,9,12-13,16H,2-3,7-8H2,1H3;1H/t12-,13-;/m0./s1. The lowest BCUT2D eigenvalue weighted by Crippen LogP contribution is -2.42. The monoisotopic (exact) mass is 303 g/mol. The van der Waals surface area contributed by atoms with Crippen LogP contribution in [0.15, 0.2) is 24.3 Å². The van der Waals surface area contributed by atoms with E-state index in [9.17, 15) is 4.79 Å². The Balaban J connectivity index is 0.00000180. The molecule has 0 unspecified atom stereocenters. The van der Waals surface area contributed by atoms with Gasteiger partial charge in [-0.15, -0.1) is 12.4 Å². The Bertz CT molecular complexity index is 420. The van der Waals surface area contributed by atoms with Gasteiger partial charge >= 0.3 is 5.97 Å². The molecule has 1 heterocycles. The number of hydrogen-bond acceptors (Lipinski definition) is 3. The van der Waals surface area contributed by atoms with Gasteiger partial charge in [0.1, 0.15) is 0 Å². The third-order valence-electron chi connectivity index (χ3n) is 3.41. The topological polar surface area (TPSA) is 38.3 Å². The second kappa shape index (κ2) is 7.73. The fraction of sp³-hybridized carbons (Fsp3) is 0.500. The summed E-state index contributed by atoms with van der Waals surface area (Å²) >= 11 is 6.00. The lowest BCUT2D eigenvalue weighted by molar-refractivity contribution is -0.143. The van der Waals surface area contributed by atoms with Gasteiger partial charge in [0.2, 0.25) is 0 Å². The van der Waals surface area contributed by atoms with E-state index >= 15 is 0 Å². The molecule has 1 aromatic rings. The van der Waals surface area contributed by atoms with Crippen LogP contribution in [0.4, 0.5) is 0 Å². The van der Waals surface area contributed by atoms with Crippen molar-refractivity contribution in [3.05, 3.63) is 34.9 Å². The molecule has 1 aliphatic rings. The molecule has 0 amide bonds. The first kappa shape index (κ1) is 16.3. The molecule has 1 saturated heterocycles. The summed E-state index contributed by atoms with van der Waals surface area (Å²) in [4.78, 5) is 12.0. The number of esters is 1. The quantitative estimate of drug-likeness (QED) is 0.872. The van der Waals surface area contributed by atoms with Gasteiger partial charge in [-0.2, -0.15) is 0 Å². The number of nitrogens with one attached hydrogen (secondary N) is 1. The predicted octanol–water partition coefficient (Wildman–Crippen LogP) is 3.16. The van der Waals surface area contributed by atoms with E-state index in [2.05, 4.69) is 5.32 Å². The van der Waals surface area contributed by atoms with Crippen LogP contribution in [0.3, 0.4) is 0 Å². The molecular weight excluding hydrogens is 285 g/mol. The molecule has 2 rings (SSSR count). The highest BCUT2D eigenvalue weighted by Gasteiger charge is 2.31. The van der Waals surface area contributed by atoms with E-state index in [0.717, 1.165) is 24.9 Å². The van der Waals surface area contributed by atoms with Gasteiger partial charge in [0, 0.05) is 11.1 Å². The molecule has 0 spiro atoms. The Morgan fingerprint density at radius 3 is 2.84 bits per heavy atom. The Labute approximate surface area is 125 Å². The maximum Gasteiger partial charge on any atom is 0.314 e. The average Bonchev–Trinajstić information content (AvgIpc) is 2.40. The number of methoxy groups -OCH3 is 1. The number of carbonyl (C=O) groups excluding carboxylic acids is 1. The van der Waals surface area contributed by atoms with E-state index < -0.39 is 0 Å². The predicted molar refractivity (Wildman–Crippen MR) is 79.1 cm³/mol. The third-order valence-corrected chi connectivity index (χ3v) is 3.65. The highest BCUT2D eigenvalue weighted by Crippen LogP contribution is 2.28. The Morgan fingerprint density at radius 2 is 2.26 bits per heavy atom. The molecule has 19 heavy (non-hydrogen) atoms. The number of rotatable bonds is 3. The van der Waals surface area contributed by atoms with Crippen molar-refractivity contribution >= 4 is 30.0 Å². The van der Waals surface area contributed by atoms with Gasteiger partial charge in [-0.3, -0.25) is 4.79 Å². The molecule has 1 fully saturated rings. The van der Waals surface area contributed by atoms with E-state index in [-0.39, 0.29) is 30.3 Å². The van der Waals surface area contributed by atoms with E-state index in [1.54, 1.807) is 0 Å². The maximum absolute atomic E-state index is 12.0. The third kappa shape index (κ3) is 4.10. The molecule has 0 aliphatic carbocycles. The van der Waals surface area contributed by atoms with Crippen molar-refractivity contribution in [2.75, 3.05) is 13.7 Å². The lowest BCUT2D eigenvalue weighted by atomic mass is 9.86. The second-order valence-corrected chi connectivity index (χ2v) is 5.05. The summed E-state index contributed by atoms with van der Waals surface area (Å²) in [6, 6.07) is 7.61. The summed E-state index contributed by atoms with van der Waals surface area (Å²) in [5, 5.41) is 4.06. The number of benzene rings is 1. The van der Waals surface area contributed by atoms with Crippen LogP contribution in [-0.2, 0) is 9.53 Å². The smallest absolute Gasteiger partial charge is 0.314 e. The second-order valence-electron chi connectivity index (χ2n) is 4.61. The summed E-state index contributed by atoms with van der Waals surface area (Å²) in [5.74, 6) is -0.467. The van der Waals surface area contributed by atoms with Crippen LogP contribution < -0.4 is 5.32 Å².